The van der Waals surface area contributed by atoms with Gasteiger partial charge in [0, 0.05) is 31.6 Å². The van der Waals surface area contributed by atoms with E-state index in [1.165, 1.54) is 0 Å². The summed E-state index contributed by atoms with van der Waals surface area (Å²) in [7, 11) is 5.50. The summed E-state index contributed by atoms with van der Waals surface area (Å²) in [6, 6.07) is 24.3. The molecule has 1 heterocycles. The van der Waals surface area contributed by atoms with Crippen LogP contribution in [0, 0.1) is 0 Å². The molecule has 3 aromatic carbocycles. The van der Waals surface area contributed by atoms with E-state index in [4.69, 9.17) is 9.26 Å². The van der Waals surface area contributed by atoms with Gasteiger partial charge < -0.3 is 14.2 Å². The molecule has 0 fully saturated rings. The minimum absolute atomic E-state index is 0.100. The van der Waals surface area contributed by atoms with Crippen molar-refractivity contribution in [1.29, 1.82) is 0 Å². The summed E-state index contributed by atoms with van der Waals surface area (Å²) in [5.74, 6) is 1.81. The Kier molecular flexibility index (Phi) is 7.60. The summed E-state index contributed by atoms with van der Waals surface area (Å²) < 4.78 is 10.8. The van der Waals surface area contributed by atoms with E-state index in [0.717, 1.165) is 58.5 Å². The van der Waals surface area contributed by atoms with Crippen molar-refractivity contribution in [1.82, 2.24) is 15.0 Å². The molecule has 0 atom stereocenters. The summed E-state index contributed by atoms with van der Waals surface area (Å²) >= 11 is 0. The van der Waals surface area contributed by atoms with E-state index < -0.39 is 0 Å². The third-order valence-electron chi connectivity index (χ3n) is 5.95. The third kappa shape index (κ3) is 6.02. The van der Waals surface area contributed by atoms with Crippen molar-refractivity contribution in [3.05, 3.63) is 84.1 Å². The number of carbonyl (C=O) groups is 1. The number of hydrogen-bond donors (Lipinski definition) is 0. The summed E-state index contributed by atoms with van der Waals surface area (Å²) in [6.45, 7) is 1.76. The Bertz CT molecular complexity index is 1240. The van der Waals surface area contributed by atoms with Crippen LogP contribution in [0.5, 0.6) is 5.75 Å². The minimum Gasteiger partial charge on any atom is -0.497 e. The number of aromatic nitrogens is 1. The predicted molar refractivity (Wildman–Crippen MR) is 135 cm³/mol. The molecule has 0 unspecified atom stereocenters. The highest BCUT2D eigenvalue weighted by molar-refractivity contribution is 5.84. The van der Waals surface area contributed by atoms with Crippen molar-refractivity contribution in [2.75, 3.05) is 34.3 Å². The Hall–Kier alpha value is -3.64. The van der Waals surface area contributed by atoms with Crippen LogP contribution in [0.2, 0.25) is 0 Å². The molecule has 0 saturated heterocycles. The van der Waals surface area contributed by atoms with Crippen molar-refractivity contribution in [2.45, 2.75) is 19.4 Å². The molecule has 0 bridgehead atoms. The third-order valence-corrected chi connectivity index (χ3v) is 5.95. The molecule has 0 saturated carbocycles. The second kappa shape index (κ2) is 11.0. The van der Waals surface area contributed by atoms with Gasteiger partial charge in [0.15, 0.2) is 0 Å². The molecule has 0 spiro atoms. The highest BCUT2D eigenvalue weighted by Crippen LogP contribution is 2.22. The first-order valence-electron chi connectivity index (χ1n) is 11.5. The lowest BCUT2D eigenvalue weighted by molar-refractivity contribution is -0.131. The van der Waals surface area contributed by atoms with Crippen LogP contribution in [-0.4, -0.2) is 55.2 Å². The van der Waals surface area contributed by atoms with Crippen molar-refractivity contribution in [3.63, 3.8) is 0 Å². The largest absolute Gasteiger partial charge is 0.497 e. The van der Waals surface area contributed by atoms with Gasteiger partial charge in [0.05, 0.1) is 13.7 Å². The predicted octanol–water partition coefficient (Wildman–Crippen LogP) is 5.03. The number of hydrogen-bond acceptors (Lipinski definition) is 5. The Labute approximate surface area is 200 Å². The maximum absolute atomic E-state index is 12.7. The molecule has 34 heavy (non-hydrogen) atoms. The van der Waals surface area contributed by atoms with E-state index in [0.29, 0.717) is 13.1 Å². The van der Waals surface area contributed by atoms with Crippen molar-refractivity contribution in [2.24, 2.45) is 0 Å². The molecular weight excluding hydrogens is 426 g/mol. The number of likely N-dealkylation sites (N-methyl/N-ethyl adjacent to an activating group) is 2. The molecule has 0 aliphatic carbocycles. The van der Waals surface area contributed by atoms with Crippen LogP contribution in [0.15, 0.2) is 77.3 Å². The molecule has 176 valence electrons. The smallest absolute Gasteiger partial charge is 0.236 e. The molecule has 0 aliphatic heterocycles. The zero-order valence-electron chi connectivity index (χ0n) is 20.0. The van der Waals surface area contributed by atoms with Crippen LogP contribution in [0.1, 0.15) is 17.7 Å². The molecule has 0 radical (unpaired) electrons. The van der Waals surface area contributed by atoms with Crippen LogP contribution in [-0.2, 0) is 17.8 Å². The van der Waals surface area contributed by atoms with Gasteiger partial charge in [-0.15, -0.1) is 0 Å². The molecule has 6 nitrogen and oxygen atoms in total. The quantitative estimate of drug-likeness (QED) is 0.334. The van der Waals surface area contributed by atoms with Gasteiger partial charge >= 0.3 is 0 Å². The van der Waals surface area contributed by atoms with Crippen LogP contribution in [0.4, 0.5) is 0 Å². The summed E-state index contributed by atoms with van der Waals surface area (Å²) in [4.78, 5) is 16.6. The molecule has 4 rings (SSSR count). The SMILES string of the molecule is COc1ccc2cc(CN(C)C(=O)CN(C)CCCc3cc(-c4ccccc4)no3)ccc2c1. The maximum Gasteiger partial charge on any atom is 0.236 e. The number of nitrogens with zero attached hydrogens (tertiary/aromatic N) is 3. The molecular formula is C28H31N3O3. The summed E-state index contributed by atoms with van der Waals surface area (Å²) in [5.41, 5.74) is 3.01. The van der Waals surface area contributed by atoms with Gasteiger partial charge in [-0.25, -0.2) is 0 Å². The standard InChI is InChI=1S/C28H31N3O3/c1-30(15-7-10-26-18-27(29-34-26)22-8-5-4-6-9-22)20-28(32)31(2)19-21-11-12-24-17-25(33-3)14-13-23(24)16-21/h4-6,8-9,11-14,16-18H,7,10,15,19-20H2,1-3H3. The van der Waals surface area contributed by atoms with E-state index in [9.17, 15) is 4.79 Å². The van der Waals surface area contributed by atoms with Gasteiger partial charge in [0.1, 0.15) is 17.2 Å². The second-order valence-electron chi connectivity index (χ2n) is 8.68. The zero-order chi connectivity index (χ0) is 23.9. The second-order valence-corrected chi connectivity index (χ2v) is 8.68. The van der Waals surface area contributed by atoms with Crippen LogP contribution < -0.4 is 4.74 Å². The molecule has 4 aromatic rings. The molecule has 6 heteroatoms. The summed E-state index contributed by atoms with van der Waals surface area (Å²) in [6.07, 6.45) is 1.68. The van der Waals surface area contributed by atoms with Gasteiger partial charge in [0.25, 0.3) is 0 Å². The van der Waals surface area contributed by atoms with Crippen molar-refractivity contribution >= 4 is 16.7 Å². The van der Waals surface area contributed by atoms with Crippen LogP contribution in [0.25, 0.3) is 22.0 Å². The molecule has 0 N–H and O–H groups in total. The minimum atomic E-state index is 0.100. The van der Waals surface area contributed by atoms with E-state index in [2.05, 4.69) is 28.3 Å². The van der Waals surface area contributed by atoms with Crippen molar-refractivity contribution in [3.8, 4) is 17.0 Å². The molecule has 0 aliphatic rings. The fraction of sp³-hybridized carbons (Fsp3) is 0.286. The van der Waals surface area contributed by atoms with E-state index >= 15 is 0 Å². The average molecular weight is 458 g/mol. The van der Waals surface area contributed by atoms with Gasteiger partial charge in [-0.05, 0) is 54.5 Å². The molecule has 1 amide bonds. The number of methoxy groups -OCH3 is 1. The van der Waals surface area contributed by atoms with E-state index in [-0.39, 0.29) is 5.91 Å². The van der Waals surface area contributed by atoms with E-state index in [1.54, 1.807) is 12.0 Å². The number of ether oxygens (including phenoxy) is 1. The Morgan fingerprint density at radius 2 is 1.74 bits per heavy atom. The first-order valence-corrected chi connectivity index (χ1v) is 11.5. The first-order chi connectivity index (χ1) is 16.5. The van der Waals surface area contributed by atoms with Crippen molar-refractivity contribution < 1.29 is 14.1 Å². The fourth-order valence-corrected chi connectivity index (χ4v) is 3.99. The summed E-state index contributed by atoms with van der Waals surface area (Å²) in [5, 5.41) is 6.43. The Morgan fingerprint density at radius 3 is 2.53 bits per heavy atom. The van der Waals surface area contributed by atoms with Gasteiger partial charge in [-0.2, -0.15) is 0 Å². The van der Waals surface area contributed by atoms with Gasteiger partial charge in [0.2, 0.25) is 5.91 Å². The van der Waals surface area contributed by atoms with Crippen LogP contribution >= 0.6 is 0 Å². The lowest BCUT2D eigenvalue weighted by atomic mass is 10.1. The number of rotatable bonds is 10. The number of aryl methyl sites for hydroxylation is 1. The monoisotopic (exact) mass is 457 g/mol. The Balaban J connectivity index is 1.23. The van der Waals surface area contributed by atoms with Crippen LogP contribution in [0.3, 0.4) is 0 Å². The zero-order valence-corrected chi connectivity index (χ0v) is 20.0. The fourth-order valence-electron chi connectivity index (χ4n) is 3.99. The number of benzene rings is 3. The lowest BCUT2D eigenvalue weighted by Crippen LogP contribution is -2.36. The molecule has 1 aromatic heterocycles. The lowest BCUT2D eigenvalue weighted by Gasteiger charge is -2.22. The Morgan fingerprint density at radius 1 is 0.971 bits per heavy atom. The highest BCUT2D eigenvalue weighted by atomic mass is 16.5. The number of amides is 1. The number of fused-ring (bicyclic) bond motifs is 1. The normalized spacial score (nSPS) is 11.2. The average Bonchev–Trinajstić information content (AvgIpc) is 3.33. The number of carbonyl (C=O) groups excluding carboxylic acids is 1. The van der Waals surface area contributed by atoms with E-state index in [1.807, 2.05) is 68.7 Å². The topological polar surface area (TPSA) is 58.8 Å². The highest BCUT2D eigenvalue weighted by Gasteiger charge is 2.13. The van der Waals surface area contributed by atoms with Gasteiger partial charge in [-0.3, -0.25) is 9.69 Å². The maximum atomic E-state index is 12.7. The van der Waals surface area contributed by atoms with Gasteiger partial charge in [-0.1, -0.05) is 53.7 Å². The first kappa shape index (κ1) is 23.5.